The normalized spacial score (nSPS) is 22.7. The molecule has 0 spiro atoms. The minimum atomic E-state index is -0.0924. The maximum absolute atomic E-state index is 6.23. The van der Waals surface area contributed by atoms with E-state index in [0.717, 1.165) is 19.5 Å². The molecule has 0 amide bonds. The summed E-state index contributed by atoms with van der Waals surface area (Å²) in [7, 11) is 0. The SMILES string of the molecule is CC1(C)CNCC(c2ccc3c(c2)Cc2ccccc2-3)O1. The predicted octanol–water partition coefficient (Wildman–Crippen LogP) is 3.70. The van der Waals surface area contributed by atoms with E-state index in [0.29, 0.717) is 0 Å². The van der Waals surface area contributed by atoms with Gasteiger partial charge in [0.05, 0.1) is 11.7 Å². The number of benzene rings is 2. The summed E-state index contributed by atoms with van der Waals surface area (Å²) < 4.78 is 6.23. The molecule has 1 unspecified atom stereocenters. The van der Waals surface area contributed by atoms with Crippen molar-refractivity contribution in [3.63, 3.8) is 0 Å². The first-order valence-electron chi connectivity index (χ1n) is 7.72. The Balaban J connectivity index is 1.67. The quantitative estimate of drug-likeness (QED) is 0.733. The molecule has 2 aliphatic rings. The Hall–Kier alpha value is -1.64. The molecule has 1 aliphatic carbocycles. The van der Waals surface area contributed by atoms with Crippen LogP contribution >= 0.6 is 0 Å². The summed E-state index contributed by atoms with van der Waals surface area (Å²) >= 11 is 0. The van der Waals surface area contributed by atoms with Crippen LogP contribution in [0.4, 0.5) is 0 Å². The van der Waals surface area contributed by atoms with Crippen LogP contribution in [0.5, 0.6) is 0 Å². The molecule has 1 fully saturated rings. The van der Waals surface area contributed by atoms with Crippen LogP contribution < -0.4 is 5.32 Å². The van der Waals surface area contributed by atoms with E-state index >= 15 is 0 Å². The Kier molecular flexibility index (Phi) is 2.91. The zero-order valence-corrected chi connectivity index (χ0v) is 12.6. The average molecular weight is 279 g/mol. The van der Waals surface area contributed by atoms with Crippen LogP contribution in [0.2, 0.25) is 0 Å². The van der Waals surface area contributed by atoms with Crippen molar-refractivity contribution in [2.24, 2.45) is 0 Å². The van der Waals surface area contributed by atoms with E-state index in [2.05, 4.69) is 61.6 Å². The van der Waals surface area contributed by atoms with Crippen molar-refractivity contribution in [2.45, 2.75) is 32.0 Å². The van der Waals surface area contributed by atoms with Crippen LogP contribution in [-0.2, 0) is 11.2 Å². The van der Waals surface area contributed by atoms with Crippen LogP contribution in [0, 0.1) is 0 Å². The highest BCUT2D eigenvalue weighted by Gasteiger charge is 2.30. The number of rotatable bonds is 1. The lowest BCUT2D eigenvalue weighted by molar-refractivity contribution is -0.0958. The molecule has 2 heteroatoms. The summed E-state index contributed by atoms with van der Waals surface area (Å²) in [6.07, 6.45) is 1.20. The lowest BCUT2D eigenvalue weighted by Crippen LogP contribution is -2.46. The van der Waals surface area contributed by atoms with E-state index in [9.17, 15) is 0 Å². The predicted molar refractivity (Wildman–Crippen MR) is 85.5 cm³/mol. The fourth-order valence-corrected chi connectivity index (χ4v) is 3.52. The minimum absolute atomic E-state index is 0.0924. The molecule has 21 heavy (non-hydrogen) atoms. The Morgan fingerprint density at radius 2 is 1.86 bits per heavy atom. The summed E-state index contributed by atoms with van der Waals surface area (Å²) in [6, 6.07) is 15.5. The van der Waals surface area contributed by atoms with E-state index < -0.39 is 0 Å². The van der Waals surface area contributed by atoms with Gasteiger partial charge < -0.3 is 10.1 Å². The van der Waals surface area contributed by atoms with Crippen molar-refractivity contribution in [3.05, 3.63) is 59.2 Å². The molecule has 0 radical (unpaired) electrons. The van der Waals surface area contributed by atoms with Gasteiger partial charge >= 0.3 is 0 Å². The second kappa shape index (κ2) is 4.69. The third-order valence-corrected chi connectivity index (χ3v) is 4.53. The van der Waals surface area contributed by atoms with Gasteiger partial charge in [-0.15, -0.1) is 0 Å². The first-order chi connectivity index (χ1) is 10.1. The third-order valence-electron chi connectivity index (χ3n) is 4.53. The van der Waals surface area contributed by atoms with Gasteiger partial charge in [-0.2, -0.15) is 0 Å². The fraction of sp³-hybridized carbons (Fsp3) is 0.368. The van der Waals surface area contributed by atoms with Gasteiger partial charge in [0.1, 0.15) is 0 Å². The molecule has 2 nitrogen and oxygen atoms in total. The van der Waals surface area contributed by atoms with E-state index in [1.807, 2.05) is 0 Å². The minimum Gasteiger partial charge on any atom is -0.365 e. The lowest BCUT2D eigenvalue weighted by atomic mass is 9.98. The molecular weight excluding hydrogens is 258 g/mol. The number of nitrogens with one attached hydrogen (secondary N) is 1. The highest BCUT2D eigenvalue weighted by atomic mass is 16.5. The molecule has 1 N–H and O–H groups in total. The van der Waals surface area contributed by atoms with Crippen LogP contribution in [0.3, 0.4) is 0 Å². The molecule has 2 aromatic rings. The molecular formula is C19H21NO. The summed E-state index contributed by atoms with van der Waals surface area (Å²) in [5.74, 6) is 0. The number of hydrogen-bond donors (Lipinski definition) is 1. The summed E-state index contributed by atoms with van der Waals surface area (Å²) in [5, 5.41) is 3.48. The Bertz CT molecular complexity index is 690. The smallest absolute Gasteiger partial charge is 0.0957 e. The summed E-state index contributed by atoms with van der Waals surface area (Å²) in [6.45, 7) is 6.11. The van der Waals surface area contributed by atoms with Gasteiger partial charge in [0, 0.05) is 13.1 Å². The highest BCUT2D eigenvalue weighted by Crippen LogP contribution is 2.38. The average Bonchev–Trinajstić information content (AvgIpc) is 2.83. The van der Waals surface area contributed by atoms with E-state index in [4.69, 9.17) is 4.74 Å². The maximum atomic E-state index is 6.23. The van der Waals surface area contributed by atoms with Gasteiger partial charge in [-0.05, 0) is 48.1 Å². The van der Waals surface area contributed by atoms with E-state index in [-0.39, 0.29) is 11.7 Å². The van der Waals surface area contributed by atoms with Gasteiger partial charge in [-0.1, -0.05) is 42.5 Å². The van der Waals surface area contributed by atoms with Crippen molar-refractivity contribution in [2.75, 3.05) is 13.1 Å². The van der Waals surface area contributed by atoms with Crippen LogP contribution in [0.15, 0.2) is 42.5 Å². The van der Waals surface area contributed by atoms with Gasteiger partial charge in [0.15, 0.2) is 0 Å². The highest BCUT2D eigenvalue weighted by molar-refractivity contribution is 5.76. The van der Waals surface area contributed by atoms with Crippen molar-refractivity contribution >= 4 is 0 Å². The number of ether oxygens (including phenoxy) is 1. The van der Waals surface area contributed by atoms with Crippen molar-refractivity contribution in [1.82, 2.24) is 5.32 Å². The topological polar surface area (TPSA) is 21.3 Å². The fourth-order valence-electron chi connectivity index (χ4n) is 3.52. The second-order valence-corrected chi connectivity index (χ2v) is 6.75. The molecule has 0 aromatic heterocycles. The first kappa shape index (κ1) is 13.1. The number of hydrogen-bond acceptors (Lipinski definition) is 2. The van der Waals surface area contributed by atoms with E-state index in [1.54, 1.807) is 0 Å². The van der Waals surface area contributed by atoms with Crippen LogP contribution in [0.1, 0.15) is 36.6 Å². The molecule has 1 atom stereocenters. The van der Waals surface area contributed by atoms with Crippen molar-refractivity contribution in [3.8, 4) is 11.1 Å². The Labute approximate surface area is 126 Å². The molecule has 1 aliphatic heterocycles. The Morgan fingerprint density at radius 3 is 2.71 bits per heavy atom. The summed E-state index contributed by atoms with van der Waals surface area (Å²) in [5.41, 5.74) is 6.85. The number of morpholine rings is 1. The second-order valence-electron chi connectivity index (χ2n) is 6.75. The first-order valence-corrected chi connectivity index (χ1v) is 7.72. The molecule has 0 saturated carbocycles. The third kappa shape index (κ3) is 2.29. The van der Waals surface area contributed by atoms with Crippen molar-refractivity contribution in [1.29, 1.82) is 0 Å². The van der Waals surface area contributed by atoms with Crippen LogP contribution in [0.25, 0.3) is 11.1 Å². The van der Waals surface area contributed by atoms with Gasteiger partial charge in [-0.3, -0.25) is 0 Å². The molecule has 108 valence electrons. The zero-order valence-electron chi connectivity index (χ0n) is 12.6. The van der Waals surface area contributed by atoms with Gasteiger partial charge in [0.25, 0.3) is 0 Å². The van der Waals surface area contributed by atoms with Gasteiger partial charge in [-0.25, -0.2) is 0 Å². The van der Waals surface area contributed by atoms with Crippen molar-refractivity contribution < 1.29 is 4.74 Å². The Morgan fingerprint density at radius 1 is 1.05 bits per heavy atom. The zero-order chi connectivity index (χ0) is 14.4. The molecule has 4 rings (SSSR count). The monoisotopic (exact) mass is 279 g/mol. The summed E-state index contributed by atoms with van der Waals surface area (Å²) in [4.78, 5) is 0. The van der Waals surface area contributed by atoms with Gasteiger partial charge in [0.2, 0.25) is 0 Å². The molecule has 1 heterocycles. The van der Waals surface area contributed by atoms with Crippen LogP contribution in [-0.4, -0.2) is 18.7 Å². The standard InChI is InChI=1S/C19H21NO/c1-19(2)12-20-11-18(21-19)14-7-8-17-15(10-14)9-13-5-3-4-6-16(13)17/h3-8,10,18,20H,9,11-12H2,1-2H3. The lowest BCUT2D eigenvalue weighted by Gasteiger charge is -2.37. The largest absolute Gasteiger partial charge is 0.365 e. The molecule has 0 bridgehead atoms. The molecule has 2 aromatic carbocycles. The molecule has 1 saturated heterocycles. The number of fused-ring (bicyclic) bond motifs is 3. The maximum Gasteiger partial charge on any atom is 0.0957 e. The van der Waals surface area contributed by atoms with E-state index in [1.165, 1.54) is 27.8 Å².